The van der Waals surface area contributed by atoms with E-state index in [0.717, 1.165) is 44.1 Å². The highest BCUT2D eigenvalue weighted by Gasteiger charge is 2.14. The smallest absolute Gasteiger partial charge is 0.250 e. The minimum atomic E-state index is -0.212. The monoisotopic (exact) mass is 477 g/mol. The lowest BCUT2D eigenvalue weighted by molar-refractivity contribution is -0.118. The van der Waals surface area contributed by atoms with Crippen LogP contribution < -0.4 is 5.43 Å². The predicted octanol–water partition coefficient (Wildman–Crippen LogP) is 5.30. The maximum absolute atomic E-state index is 12.3. The molecule has 168 valence electrons. The molecule has 6 nitrogen and oxygen atoms in total. The van der Waals surface area contributed by atoms with E-state index in [9.17, 15) is 4.79 Å². The fourth-order valence-corrected chi connectivity index (χ4v) is 4.65. The minimum Gasteiger partial charge on any atom is -0.340 e. The second-order valence-electron chi connectivity index (χ2n) is 7.71. The van der Waals surface area contributed by atoms with Crippen LogP contribution in [0.3, 0.4) is 0 Å². The Morgan fingerprint density at radius 3 is 2.55 bits per heavy atom. The molecule has 0 saturated carbocycles. The fourth-order valence-electron chi connectivity index (χ4n) is 3.71. The zero-order chi connectivity index (χ0) is 23.4. The van der Waals surface area contributed by atoms with Gasteiger partial charge in [0.15, 0.2) is 5.16 Å². The summed E-state index contributed by atoms with van der Waals surface area (Å²) in [4.78, 5) is 21.0. The molecule has 1 amide bonds. The lowest BCUT2D eigenvalue weighted by Crippen LogP contribution is -2.20. The summed E-state index contributed by atoms with van der Waals surface area (Å²) in [5.74, 6) is -0.0236. The van der Waals surface area contributed by atoms with E-state index in [2.05, 4.69) is 37.2 Å². The van der Waals surface area contributed by atoms with Crippen molar-refractivity contribution in [2.45, 2.75) is 32.5 Å². The number of rotatable bonds is 7. The third-order valence-corrected chi connectivity index (χ3v) is 6.46. The molecule has 2 heterocycles. The largest absolute Gasteiger partial charge is 0.340 e. The number of hydrogen-bond donors (Lipinski definition) is 1. The van der Waals surface area contributed by atoms with Crippen molar-refractivity contribution in [1.82, 2.24) is 20.0 Å². The summed E-state index contributed by atoms with van der Waals surface area (Å²) in [6, 6.07) is 17.9. The lowest BCUT2D eigenvalue weighted by atomic mass is 10.1. The van der Waals surface area contributed by atoms with Gasteiger partial charge in [-0.25, -0.2) is 15.4 Å². The molecule has 0 aliphatic rings. The summed E-state index contributed by atoms with van der Waals surface area (Å²) in [5.41, 5.74) is 8.52. The Kier molecular flexibility index (Phi) is 7.11. The van der Waals surface area contributed by atoms with E-state index in [4.69, 9.17) is 11.6 Å². The van der Waals surface area contributed by atoms with Crippen LogP contribution in [0.4, 0.5) is 0 Å². The maximum atomic E-state index is 12.3. The van der Waals surface area contributed by atoms with E-state index in [0.29, 0.717) is 11.7 Å². The summed E-state index contributed by atoms with van der Waals surface area (Å²) >= 11 is 7.69. The van der Waals surface area contributed by atoms with Gasteiger partial charge < -0.3 is 4.57 Å². The van der Waals surface area contributed by atoms with Crippen LogP contribution in [0, 0.1) is 20.8 Å². The Hall–Kier alpha value is -3.16. The Balaban J connectivity index is 1.49. The van der Waals surface area contributed by atoms with E-state index < -0.39 is 0 Å². The molecule has 0 fully saturated rings. The summed E-state index contributed by atoms with van der Waals surface area (Å²) < 4.78 is 2.22. The molecule has 1 N–H and O–H groups in total. The molecule has 2 aromatic heterocycles. The van der Waals surface area contributed by atoms with Crippen molar-refractivity contribution < 1.29 is 4.79 Å². The van der Waals surface area contributed by atoms with Crippen LogP contribution in [-0.4, -0.2) is 32.4 Å². The second kappa shape index (κ2) is 10.2. The van der Waals surface area contributed by atoms with Crippen molar-refractivity contribution in [3.8, 4) is 0 Å². The van der Waals surface area contributed by atoms with Crippen molar-refractivity contribution >= 4 is 46.4 Å². The van der Waals surface area contributed by atoms with E-state index in [-0.39, 0.29) is 11.7 Å². The van der Waals surface area contributed by atoms with E-state index >= 15 is 0 Å². The molecule has 8 heteroatoms. The van der Waals surface area contributed by atoms with E-state index in [1.54, 1.807) is 6.21 Å². The number of nitrogens with zero attached hydrogens (tertiary/aromatic N) is 4. The Bertz CT molecular complexity index is 1330. The number of aryl methyl sites for hydroxylation is 2. The first kappa shape index (κ1) is 23.0. The Labute approximate surface area is 202 Å². The van der Waals surface area contributed by atoms with Gasteiger partial charge in [-0.15, -0.1) is 0 Å². The van der Waals surface area contributed by atoms with Gasteiger partial charge in [-0.05, 0) is 44.5 Å². The minimum absolute atomic E-state index is 0.188. The molecule has 0 saturated heterocycles. The van der Waals surface area contributed by atoms with Crippen molar-refractivity contribution in [2.75, 3.05) is 5.75 Å². The maximum Gasteiger partial charge on any atom is 0.250 e. The first-order valence-electron chi connectivity index (χ1n) is 10.5. The number of para-hydroxylation sites is 1. The van der Waals surface area contributed by atoms with Gasteiger partial charge in [0.1, 0.15) is 0 Å². The number of halogens is 1. The van der Waals surface area contributed by atoms with Gasteiger partial charge in [-0.1, -0.05) is 59.8 Å². The van der Waals surface area contributed by atoms with Gasteiger partial charge in [0.25, 0.3) is 5.91 Å². The van der Waals surface area contributed by atoms with Crippen molar-refractivity contribution in [3.05, 3.63) is 87.8 Å². The quantitative estimate of drug-likeness (QED) is 0.170. The van der Waals surface area contributed by atoms with E-state index in [1.807, 2.05) is 63.2 Å². The van der Waals surface area contributed by atoms with Crippen molar-refractivity contribution in [2.24, 2.45) is 5.10 Å². The summed E-state index contributed by atoms with van der Waals surface area (Å²) in [5, 5.41) is 6.61. The van der Waals surface area contributed by atoms with Crippen LogP contribution >= 0.6 is 23.4 Å². The zero-order valence-corrected chi connectivity index (χ0v) is 20.2. The fraction of sp³-hybridized carbons (Fsp3) is 0.200. The SMILES string of the molecule is Cc1cc(C)nc(SCC(=O)N/N=C\c2c(C)n(Cc3ccccc3Cl)c3ccccc23)n1. The number of benzene rings is 2. The molecule has 33 heavy (non-hydrogen) atoms. The van der Waals surface area contributed by atoms with Gasteiger partial charge in [0.05, 0.1) is 12.0 Å². The van der Waals surface area contributed by atoms with Crippen LogP contribution in [0.5, 0.6) is 0 Å². The molecule has 0 spiro atoms. The van der Waals surface area contributed by atoms with E-state index in [1.165, 1.54) is 11.8 Å². The highest BCUT2D eigenvalue weighted by Crippen LogP contribution is 2.27. The number of amides is 1. The zero-order valence-electron chi connectivity index (χ0n) is 18.7. The number of thioether (sulfide) groups is 1. The molecular formula is C25H24ClN5OS. The molecule has 0 aliphatic heterocycles. The summed E-state index contributed by atoms with van der Waals surface area (Å²) in [7, 11) is 0. The normalized spacial score (nSPS) is 11.4. The third kappa shape index (κ3) is 5.43. The highest BCUT2D eigenvalue weighted by atomic mass is 35.5. The summed E-state index contributed by atoms with van der Waals surface area (Å²) in [6.07, 6.45) is 1.71. The van der Waals surface area contributed by atoms with Crippen molar-refractivity contribution in [1.29, 1.82) is 0 Å². The van der Waals surface area contributed by atoms with Crippen LogP contribution in [-0.2, 0) is 11.3 Å². The number of fused-ring (bicyclic) bond motifs is 1. The standard InChI is InChI=1S/C25H24ClN5OS/c1-16-12-17(2)29-25(28-16)33-15-24(32)30-27-13-21-18(3)31(23-11-7-5-9-20(21)23)14-19-8-4-6-10-22(19)26/h4-13H,14-15H2,1-3H3,(H,30,32)/b27-13-. The van der Waals surface area contributed by atoms with Gasteiger partial charge in [-0.3, -0.25) is 4.79 Å². The molecule has 0 unspecified atom stereocenters. The molecule has 4 aromatic rings. The molecule has 2 aromatic carbocycles. The Morgan fingerprint density at radius 2 is 1.79 bits per heavy atom. The van der Waals surface area contributed by atoms with Crippen LogP contribution in [0.15, 0.2) is 64.9 Å². The van der Waals surface area contributed by atoms with Gasteiger partial charge in [0, 0.05) is 45.1 Å². The summed E-state index contributed by atoms with van der Waals surface area (Å²) in [6.45, 7) is 6.52. The number of aromatic nitrogens is 3. The molecule has 0 atom stereocenters. The number of hydrogen-bond acceptors (Lipinski definition) is 5. The van der Waals surface area contributed by atoms with Crippen LogP contribution in [0.2, 0.25) is 5.02 Å². The van der Waals surface area contributed by atoms with Crippen LogP contribution in [0.1, 0.15) is 28.2 Å². The van der Waals surface area contributed by atoms with Gasteiger partial charge in [-0.2, -0.15) is 5.10 Å². The predicted molar refractivity (Wildman–Crippen MR) is 135 cm³/mol. The Morgan fingerprint density at radius 1 is 1.09 bits per heavy atom. The third-order valence-electron chi connectivity index (χ3n) is 5.24. The second-order valence-corrected chi connectivity index (χ2v) is 9.06. The number of carbonyl (C=O) groups is 1. The lowest BCUT2D eigenvalue weighted by Gasteiger charge is -2.10. The molecular weight excluding hydrogens is 454 g/mol. The number of nitrogens with one attached hydrogen (secondary N) is 1. The molecule has 0 aliphatic carbocycles. The van der Waals surface area contributed by atoms with Gasteiger partial charge >= 0.3 is 0 Å². The first-order chi connectivity index (χ1) is 15.9. The molecule has 0 bridgehead atoms. The van der Waals surface area contributed by atoms with Crippen molar-refractivity contribution in [3.63, 3.8) is 0 Å². The first-order valence-corrected chi connectivity index (χ1v) is 11.9. The average Bonchev–Trinajstić information content (AvgIpc) is 3.04. The van der Waals surface area contributed by atoms with Crippen LogP contribution in [0.25, 0.3) is 10.9 Å². The number of hydrazone groups is 1. The number of carbonyl (C=O) groups excluding carboxylic acids is 1. The molecule has 0 radical (unpaired) electrons. The molecule has 4 rings (SSSR count). The average molecular weight is 478 g/mol. The topological polar surface area (TPSA) is 72.2 Å². The highest BCUT2D eigenvalue weighted by molar-refractivity contribution is 7.99. The van der Waals surface area contributed by atoms with Gasteiger partial charge in [0.2, 0.25) is 0 Å².